The summed E-state index contributed by atoms with van der Waals surface area (Å²) in [6.07, 6.45) is 1.26. The van der Waals surface area contributed by atoms with Crippen molar-refractivity contribution in [1.29, 1.82) is 0 Å². The number of aliphatic hydroxyl groups is 1. The number of nitrogens with one attached hydrogen (secondary N) is 1. The Balaban J connectivity index is 1.87. The Kier molecular flexibility index (Phi) is 4.20. The molecular formula is C14H20N2O2. The van der Waals surface area contributed by atoms with Gasteiger partial charge in [0.05, 0.1) is 6.10 Å². The maximum atomic E-state index is 12.0. The van der Waals surface area contributed by atoms with Crippen molar-refractivity contribution in [2.75, 3.05) is 6.54 Å². The average Bonchev–Trinajstić information content (AvgIpc) is 2.40. The van der Waals surface area contributed by atoms with E-state index in [-0.39, 0.29) is 18.2 Å². The van der Waals surface area contributed by atoms with Gasteiger partial charge in [0.25, 0.3) is 0 Å². The number of nitrogens with zero attached hydrogens (tertiary/aromatic N) is 1. The predicted octanol–water partition coefficient (Wildman–Crippen LogP) is 1.74. The highest BCUT2D eigenvalue weighted by Crippen LogP contribution is 2.16. The number of β-amino-alcohol motifs (C(OH)–C–C–N with tert-alkyl or cyclic N) is 1. The molecule has 0 spiro atoms. The Morgan fingerprint density at radius 2 is 2.11 bits per heavy atom. The minimum absolute atomic E-state index is 0.0925. The number of piperidine rings is 1. The summed E-state index contributed by atoms with van der Waals surface area (Å²) in [7, 11) is 0. The molecule has 2 atom stereocenters. The highest BCUT2D eigenvalue weighted by Gasteiger charge is 2.27. The van der Waals surface area contributed by atoms with Crippen molar-refractivity contribution in [3.8, 4) is 0 Å². The second-order valence-corrected chi connectivity index (χ2v) is 4.88. The summed E-state index contributed by atoms with van der Waals surface area (Å²) in [6, 6.07) is 9.93. The quantitative estimate of drug-likeness (QED) is 0.837. The van der Waals surface area contributed by atoms with Gasteiger partial charge in [-0.1, -0.05) is 30.3 Å². The number of carbonyl (C=O) groups excluding carboxylic acids is 1. The number of benzene rings is 1. The second-order valence-electron chi connectivity index (χ2n) is 4.88. The van der Waals surface area contributed by atoms with Gasteiger partial charge in [0.2, 0.25) is 0 Å². The topological polar surface area (TPSA) is 52.6 Å². The molecule has 1 aliphatic rings. The fourth-order valence-electron chi connectivity index (χ4n) is 2.25. The van der Waals surface area contributed by atoms with E-state index in [1.165, 1.54) is 0 Å². The van der Waals surface area contributed by atoms with E-state index >= 15 is 0 Å². The first-order chi connectivity index (χ1) is 8.66. The number of carbonyl (C=O) groups is 1. The van der Waals surface area contributed by atoms with Crippen molar-refractivity contribution in [1.82, 2.24) is 10.2 Å². The number of likely N-dealkylation sites (tertiary alicyclic amines) is 1. The van der Waals surface area contributed by atoms with Crippen molar-refractivity contribution in [3.63, 3.8) is 0 Å². The van der Waals surface area contributed by atoms with Crippen LogP contribution in [0.25, 0.3) is 0 Å². The van der Waals surface area contributed by atoms with E-state index in [1.54, 1.807) is 4.90 Å². The van der Waals surface area contributed by atoms with Crippen LogP contribution in [0.2, 0.25) is 0 Å². The zero-order valence-electron chi connectivity index (χ0n) is 10.7. The SMILES string of the molecule is C[C@@H]1CC[C@@H](O)CN1C(=O)NCc1ccccc1. The molecule has 2 N–H and O–H groups in total. The summed E-state index contributed by atoms with van der Waals surface area (Å²) in [5.74, 6) is 0. The highest BCUT2D eigenvalue weighted by atomic mass is 16.3. The fraction of sp³-hybridized carbons (Fsp3) is 0.500. The monoisotopic (exact) mass is 248 g/mol. The van der Waals surface area contributed by atoms with Gasteiger partial charge in [-0.05, 0) is 25.3 Å². The smallest absolute Gasteiger partial charge is 0.317 e. The van der Waals surface area contributed by atoms with Crippen LogP contribution in [0.1, 0.15) is 25.3 Å². The number of aliphatic hydroxyl groups excluding tert-OH is 1. The van der Waals surface area contributed by atoms with E-state index < -0.39 is 0 Å². The summed E-state index contributed by atoms with van der Waals surface area (Å²) < 4.78 is 0. The maximum Gasteiger partial charge on any atom is 0.317 e. The minimum atomic E-state index is -0.385. The van der Waals surface area contributed by atoms with E-state index in [9.17, 15) is 9.90 Å². The van der Waals surface area contributed by atoms with E-state index in [0.29, 0.717) is 13.1 Å². The van der Waals surface area contributed by atoms with E-state index in [0.717, 1.165) is 18.4 Å². The van der Waals surface area contributed by atoms with Gasteiger partial charge in [-0.3, -0.25) is 0 Å². The standard InChI is InChI=1S/C14H20N2O2/c1-11-7-8-13(17)10-16(11)14(18)15-9-12-5-3-2-4-6-12/h2-6,11,13,17H,7-10H2,1H3,(H,15,18)/t11-,13-/m1/s1. The zero-order chi connectivity index (χ0) is 13.0. The molecule has 0 saturated carbocycles. The highest BCUT2D eigenvalue weighted by molar-refractivity contribution is 5.74. The molecule has 1 aliphatic heterocycles. The van der Waals surface area contributed by atoms with Crippen LogP contribution in [0, 0.1) is 0 Å². The first kappa shape index (κ1) is 12.9. The predicted molar refractivity (Wildman–Crippen MR) is 70.1 cm³/mol. The largest absolute Gasteiger partial charge is 0.391 e. The van der Waals surface area contributed by atoms with Crippen molar-refractivity contribution in [3.05, 3.63) is 35.9 Å². The molecule has 0 aliphatic carbocycles. The third-order valence-electron chi connectivity index (χ3n) is 3.40. The van der Waals surface area contributed by atoms with Gasteiger partial charge in [-0.2, -0.15) is 0 Å². The van der Waals surface area contributed by atoms with Gasteiger partial charge < -0.3 is 15.3 Å². The first-order valence-corrected chi connectivity index (χ1v) is 6.43. The summed E-state index contributed by atoms with van der Waals surface area (Å²) in [5, 5.41) is 12.5. The van der Waals surface area contributed by atoms with Gasteiger partial charge >= 0.3 is 6.03 Å². The Hall–Kier alpha value is -1.55. The third-order valence-corrected chi connectivity index (χ3v) is 3.40. The zero-order valence-corrected chi connectivity index (χ0v) is 10.7. The average molecular weight is 248 g/mol. The molecule has 18 heavy (non-hydrogen) atoms. The van der Waals surface area contributed by atoms with Crippen molar-refractivity contribution in [2.24, 2.45) is 0 Å². The summed E-state index contributed by atoms with van der Waals surface area (Å²) in [6.45, 7) is 2.98. The van der Waals surface area contributed by atoms with E-state index in [4.69, 9.17) is 0 Å². The van der Waals surface area contributed by atoms with Crippen molar-refractivity contribution in [2.45, 2.75) is 38.5 Å². The number of urea groups is 1. The van der Waals surface area contributed by atoms with E-state index in [1.807, 2.05) is 37.3 Å². The Morgan fingerprint density at radius 3 is 2.83 bits per heavy atom. The Morgan fingerprint density at radius 1 is 1.39 bits per heavy atom. The lowest BCUT2D eigenvalue weighted by Gasteiger charge is -2.35. The maximum absolute atomic E-state index is 12.0. The van der Waals surface area contributed by atoms with Crippen molar-refractivity contribution >= 4 is 6.03 Å². The molecule has 1 saturated heterocycles. The van der Waals surface area contributed by atoms with Crippen LogP contribution in [0.3, 0.4) is 0 Å². The lowest BCUT2D eigenvalue weighted by Crippen LogP contribution is -2.51. The molecule has 2 amide bonds. The molecular weight excluding hydrogens is 228 g/mol. The summed E-state index contributed by atoms with van der Waals surface area (Å²) >= 11 is 0. The number of hydrogen-bond acceptors (Lipinski definition) is 2. The molecule has 4 heteroatoms. The number of amides is 2. The van der Waals surface area contributed by atoms with Gasteiger partial charge in [0, 0.05) is 19.1 Å². The van der Waals surface area contributed by atoms with Gasteiger partial charge in [-0.15, -0.1) is 0 Å². The van der Waals surface area contributed by atoms with Crippen LogP contribution in [0.4, 0.5) is 4.79 Å². The lowest BCUT2D eigenvalue weighted by atomic mass is 10.0. The van der Waals surface area contributed by atoms with Crippen LogP contribution in [0.15, 0.2) is 30.3 Å². The molecule has 2 rings (SSSR count). The van der Waals surface area contributed by atoms with Gasteiger partial charge in [-0.25, -0.2) is 4.79 Å². The molecule has 1 aromatic rings. The molecule has 0 radical (unpaired) electrons. The minimum Gasteiger partial charge on any atom is -0.391 e. The van der Waals surface area contributed by atoms with Gasteiger partial charge in [0.1, 0.15) is 0 Å². The molecule has 0 bridgehead atoms. The van der Waals surface area contributed by atoms with Crippen LogP contribution in [-0.4, -0.2) is 34.7 Å². The molecule has 4 nitrogen and oxygen atoms in total. The summed E-state index contributed by atoms with van der Waals surface area (Å²) in [4.78, 5) is 13.8. The van der Waals surface area contributed by atoms with Crippen molar-refractivity contribution < 1.29 is 9.90 Å². The third kappa shape index (κ3) is 3.23. The van der Waals surface area contributed by atoms with Gasteiger partial charge in [0.15, 0.2) is 0 Å². The Labute approximate surface area is 108 Å². The second kappa shape index (κ2) is 5.87. The normalized spacial score (nSPS) is 23.8. The summed E-state index contributed by atoms with van der Waals surface area (Å²) in [5.41, 5.74) is 1.08. The Bertz CT molecular complexity index is 394. The van der Waals surface area contributed by atoms with Crippen LogP contribution in [-0.2, 0) is 6.54 Å². The lowest BCUT2D eigenvalue weighted by molar-refractivity contribution is 0.0597. The number of hydrogen-bond donors (Lipinski definition) is 2. The van der Waals surface area contributed by atoms with Crippen LogP contribution >= 0.6 is 0 Å². The molecule has 1 fully saturated rings. The molecule has 1 heterocycles. The fourth-order valence-corrected chi connectivity index (χ4v) is 2.25. The van der Waals surface area contributed by atoms with E-state index in [2.05, 4.69) is 5.32 Å². The number of rotatable bonds is 2. The van der Waals surface area contributed by atoms with Crippen LogP contribution in [0.5, 0.6) is 0 Å². The first-order valence-electron chi connectivity index (χ1n) is 6.43. The molecule has 0 unspecified atom stereocenters. The molecule has 1 aromatic carbocycles. The molecule has 0 aromatic heterocycles. The molecule has 98 valence electrons. The van der Waals surface area contributed by atoms with Crippen LogP contribution < -0.4 is 5.32 Å².